The van der Waals surface area contributed by atoms with Gasteiger partial charge in [0.2, 0.25) is 0 Å². The van der Waals surface area contributed by atoms with Crippen LogP contribution in [0.2, 0.25) is 5.02 Å². The van der Waals surface area contributed by atoms with Gasteiger partial charge in [-0.05, 0) is 55.3 Å². The van der Waals surface area contributed by atoms with Gasteiger partial charge in [-0.2, -0.15) is 5.10 Å². The van der Waals surface area contributed by atoms with E-state index in [9.17, 15) is 4.79 Å². The maximum atomic E-state index is 12.5. The first-order valence-electron chi connectivity index (χ1n) is 10.8. The maximum absolute atomic E-state index is 12.5. The Kier molecular flexibility index (Phi) is 9.17. The quantitative estimate of drug-likeness (QED) is 0.289. The van der Waals surface area contributed by atoms with Gasteiger partial charge < -0.3 is 18.9 Å². The van der Waals surface area contributed by atoms with Gasteiger partial charge in [0, 0.05) is 5.56 Å². The molecule has 34 heavy (non-hydrogen) atoms. The van der Waals surface area contributed by atoms with E-state index in [-0.39, 0.29) is 5.91 Å². The molecule has 0 aromatic heterocycles. The molecule has 3 rings (SSSR count). The van der Waals surface area contributed by atoms with Crippen molar-refractivity contribution in [3.63, 3.8) is 0 Å². The molecule has 0 unspecified atom stereocenters. The minimum atomic E-state index is -0.388. The van der Waals surface area contributed by atoms with Crippen LogP contribution >= 0.6 is 11.6 Å². The number of ether oxygens (including phenoxy) is 4. The van der Waals surface area contributed by atoms with E-state index in [0.29, 0.717) is 59.0 Å². The number of nitrogens with one attached hydrogen (secondary N) is 1. The zero-order valence-corrected chi connectivity index (χ0v) is 20.1. The van der Waals surface area contributed by atoms with Crippen LogP contribution in [0.3, 0.4) is 0 Å². The van der Waals surface area contributed by atoms with Crippen molar-refractivity contribution in [3.05, 3.63) is 82.4 Å². The molecular weight excluding hydrogens is 456 g/mol. The number of halogens is 1. The Bertz CT molecular complexity index is 1140. The standard InChI is InChI=1S/C26H27ClN2O5/c1-4-32-22-12-11-20(15-23(22)33-5-2)26(30)29-28-16-19-13-21(27)25(24(14-19)31-3)34-17-18-9-7-6-8-10-18/h6-16H,4-5,17H2,1-3H3,(H,29,30)/b28-16+. The lowest BCUT2D eigenvalue weighted by molar-refractivity contribution is 0.0954. The van der Waals surface area contributed by atoms with Gasteiger partial charge in [0.15, 0.2) is 23.0 Å². The Morgan fingerprint density at radius 1 is 0.941 bits per heavy atom. The second-order valence-corrected chi connectivity index (χ2v) is 7.44. The second-order valence-electron chi connectivity index (χ2n) is 7.04. The van der Waals surface area contributed by atoms with Gasteiger partial charge in [0.25, 0.3) is 5.91 Å². The zero-order chi connectivity index (χ0) is 24.3. The Labute approximate surface area is 204 Å². The van der Waals surface area contributed by atoms with E-state index in [2.05, 4.69) is 10.5 Å². The molecule has 0 spiro atoms. The third-order valence-electron chi connectivity index (χ3n) is 4.66. The number of amides is 1. The minimum absolute atomic E-state index is 0.353. The van der Waals surface area contributed by atoms with Gasteiger partial charge in [0.1, 0.15) is 6.61 Å². The van der Waals surface area contributed by atoms with Crippen LogP contribution in [-0.4, -0.2) is 32.4 Å². The van der Waals surface area contributed by atoms with E-state index < -0.39 is 0 Å². The van der Waals surface area contributed by atoms with E-state index in [4.69, 9.17) is 30.5 Å². The molecular formula is C26H27ClN2O5. The predicted octanol–water partition coefficient (Wildman–Crippen LogP) is 5.49. The van der Waals surface area contributed by atoms with Crippen LogP contribution in [0.5, 0.6) is 23.0 Å². The van der Waals surface area contributed by atoms with Crippen LogP contribution < -0.4 is 24.4 Å². The molecule has 0 aliphatic rings. The first kappa shape index (κ1) is 24.9. The number of nitrogens with zero attached hydrogens (tertiary/aromatic N) is 1. The van der Waals surface area contributed by atoms with Crippen LogP contribution in [0.4, 0.5) is 0 Å². The average Bonchev–Trinajstić information content (AvgIpc) is 2.85. The smallest absolute Gasteiger partial charge is 0.271 e. The molecule has 0 bridgehead atoms. The van der Waals surface area contributed by atoms with E-state index in [0.717, 1.165) is 5.56 Å². The SMILES string of the molecule is CCOc1ccc(C(=O)N/N=C/c2cc(Cl)c(OCc3ccccc3)c(OC)c2)cc1OCC. The molecule has 0 radical (unpaired) electrons. The monoisotopic (exact) mass is 482 g/mol. The highest BCUT2D eigenvalue weighted by Gasteiger charge is 2.13. The molecule has 0 aliphatic carbocycles. The van der Waals surface area contributed by atoms with E-state index >= 15 is 0 Å². The number of hydrogen-bond acceptors (Lipinski definition) is 6. The molecule has 7 nitrogen and oxygen atoms in total. The number of hydrogen-bond donors (Lipinski definition) is 1. The summed E-state index contributed by atoms with van der Waals surface area (Å²) < 4.78 is 22.4. The number of benzene rings is 3. The Hall–Kier alpha value is -3.71. The van der Waals surface area contributed by atoms with Crippen molar-refractivity contribution in [1.82, 2.24) is 5.43 Å². The molecule has 0 aliphatic heterocycles. The molecule has 3 aromatic rings. The van der Waals surface area contributed by atoms with Gasteiger partial charge in [-0.25, -0.2) is 5.43 Å². The highest BCUT2D eigenvalue weighted by molar-refractivity contribution is 6.32. The van der Waals surface area contributed by atoms with Crippen molar-refractivity contribution in [2.75, 3.05) is 20.3 Å². The molecule has 0 heterocycles. The fourth-order valence-corrected chi connectivity index (χ4v) is 3.38. The van der Waals surface area contributed by atoms with Gasteiger partial charge in [0.05, 0.1) is 31.6 Å². The maximum Gasteiger partial charge on any atom is 0.271 e. The molecule has 1 N–H and O–H groups in total. The zero-order valence-electron chi connectivity index (χ0n) is 19.3. The summed E-state index contributed by atoms with van der Waals surface area (Å²) in [6.07, 6.45) is 1.48. The second kappa shape index (κ2) is 12.5. The van der Waals surface area contributed by atoms with Crippen molar-refractivity contribution in [3.8, 4) is 23.0 Å². The molecule has 3 aromatic carbocycles. The lowest BCUT2D eigenvalue weighted by Gasteiger charge is -2.13. The Morgan fingerprint density at radius 3 is 2.38 bits per heavy atom. The summed E-state index contributed by atoms with van der Waals surface area (Å²) in [5.41, 5.74) is 4.54. The number of hydrazone groups is 1. The summed E-state index contributed by atoms with van der Waals surface area (Å²) in [4.78, 5) is 12.5. The molecule has 1 amide bonds. The van der Waals surface area contributed by atoms with Crippen LogP contribution in [0.15, 0.2) is 65.8 Å². The molecule has 8 heteroatoms. The van der Waals surface area contributed by atoms with Gasteiger partial charge >= 0.3 is 0 Å². The number of rotatable bonds is 11. The normalized spacial score (nSPS) is 10.7. The Balaban J connectivity index is 1.68. The predicted molar refractivity (Wildman–Crippen MR) is 133 cm³/mol. The van der Waals surface area contributed by atoms with E-state index in [1.165, 1.54) is 13.3 Å². The molecule has 0 saturated carbocycles. The van der Waals surface area contributed by atoms with Crippen molar-refractivity contribution >= 4 is 23.7 Å². The number of carbonyl (C=O) groups excluding carboxylic acids is 1. The summed E-state index contributed by atoms with van der Waals surface area (Å²) in [6.45, 7) is 5.06. The highest BCUT2D eigenvalue weighted by Crippen LogP contribution is 2.36. The third-order valence-corrected chi connectivity index (χ3v) is 4.94. The fourth-order valence-electron chi connectivity index (χ4n) is 3.11. The summed E-state index contributed by atoms with van der Waals surface area (Å²) in [7, 11) is 1.53. The van der Waals surface area contributed by atoms with E-state index in [1.807, 2.05) is 44.2 Å². The van der Waals surface area contributed by atoms with E-state index in [1.54, 1.807) is 30.3 Å². The average molecular weight is 483 g/mol. The van der Waals surface area contributed by atoms with Crippen LogP contribution in [0, 0.1) is 0 Å². The summed E-state index contributed by atoms with van der Waals surface area (Å²) in [6, 6.07) is 18.1. The lowest BCUT2D eigenvalue weighted by Crippen LogP contribution is -2.17. The minimum Gasteiger partial charge on any atom is -0.493 e. The molecule has 0 saturated heterocycles. The molecule has 0 fully saturated rings. The first-order chi connectivity index (χ1) is 16.5. The number of methoxy groups -OCH3 is 1. The van der Waals surface area contributed by atoms with Crippen molar-refractivity contribution in [2.45, 2.75) is 20.5 Å². The van der Waals surface area contributed by atoms with Crippen LogP contribution in [0.25, 0.3) is 0 Å². The summed E-state index contributed by atoms with van der Waals surface area (Å²) >= 11 is 6.42. The van der Waals surface area contributed by atoms with Crippen LogP contribution in [0.1, 0.15) is 35.3 Å². The molecule has 178 valence electrons. The number of carbonyl (C=O) groups is 1. The Morgan fingerprint density at radius 2 is 1.68 bits per heavy atom. The van der Waals surface area contributed by atoms with Gasteiger partial charge in [-0.1, -0.05) is 41.9 Å². The van der Waals surface area contributed by atoms with Gasteiger partial charge in [-0.15, -0.1) is 0 Å². The third kappa shape index (κ3) is 6.65. The van der Waals surface area contributed by atoms with Crippen molar-refractivity contribution in [1.29, 1.82) is 0 Å². The largest absolute Gasteiger partial charge is 0.493 e. The molecule has 0 atom stereocenters. The van der Waals surface area contributed by atoms with Crippen molar-refractivity contribution < 1.29 is 23.7 Å². The van der Waals surface area contributed by atoms with Crippen molar-refractivity contribution in [2.24, 2.45) is 5.10 Å². The van der Waals surface area contributed by atoms with Gasteiger partial charge in [-0.3, -0.25) is 4.79 Å². The highest BCUT2D eigenvalue weighted by atomic mass is 35.5. The fraction of sp³-hybridized carbons (Fsp3) is 0.231. The summed E-state index contributed by atoms with van der Waals surface area (Å²) in [5.74, 6) is 1.60. The topological polar surface area (TPSA) is 78.4 Å². The van der Waals surface area contributed by atoms with Crippen LogP contribution in [-0.2, 0) is 6.61 Å². The first-order valence-corrected chi connectivity index (χ1v) is 11.2. The summed E-state index contributed by atoms with van der Waals surface area (Å²) in [5, 5.41) is 4.41. The lowest BCUT2D eigenvalue weighted by atomic mass is 10.2.